The first-order valence-corrected chi connectivity index (χ1v) is 7.62. The van der Waals surface area contributed by atoms with Crippen LogP contribution in [0.15, 0.2) is 35.1 Å². The van der Waals surface area contributed by atoms with Crippen LogP contribution < -0.4 is 5.56 Å². The summed E-state index contributed by atoms with van der Waals surface area (Å²) in [5, 5.41) is 0. The van der Waals surface area contributed by atoms with Crippen LogP contribution in [0.3, 0.4) is 0 Å². The average molecular weight is 282 g/mol. The fraction of sp³-hybridized carbons (Fsp3) is 0.444. The van der Waals surface area contributed by atoms with E-state index in [-0.39, 0.29) is 11.0 Å². The number of nitrogens with one attached hydrogen (secondary N) is 1. The summed E-state index contributed by atoms with van der Waals surface area (Å²) < 4.78 is 0. The number of nitrogens with zero attached hydrogens (tertiary/aromatic N) is 1. The third-order valence-electron chi connectivity index (χ3n) is 4.26. The van der Waals surface area contributed by atoms with Crippen molar-refractivity contribution in [3.63, 3.8) is 0 Å². The molecule has 1 aliphatic carbocycles. The van der Waals surface area contributed by atoms with Crippen molar-refractivity contribution in [2.45, 2.75) is 51.4 Å². The second-order valence-corrected chi connectivity index (χ2v) is 6.97. The molecule has 0 bridgehead atoms. The van der Waals surface area contributed by atoms with Crippen molar-refractivity contribution in [1.82, 2.24) is 9.97 Å². The Bertz CT molecular complexity index is 710. The lowest BCUT2D eigenvalue weighted by Gasteiger charge is -2.25. The zero-order valence-electron chi connectivity index (χ0n) is 12.9. The van der Waals surface area contributed by atoms with Crippen molar-refractivity contribution in [3.8, 4) is 0 Å². The molecule has 1 aromatic carbocycles. The Morgan fingerprint density at radius 1 is 1.19 bits per heavy atom. The second-order valence-electron chi connectivity index (χ2n) is 6.97. The Morgan fingerprint density at radius 2 is 1.90 bits per heavy atom. The fourth-order valence-electron chi connectivity index (χ4n) is 2.99. The van der Waals surface area contributed by atoms with E-state index in [4.69, 9.17) is 4.98 Å². The highest BCUT2D eigenvalue weighted by atomic mass is 16.1. The fourth-order valence-corrected chi connectivity index (χ4v) is 2.99. The maximum Gasteiger partial charge on any atom is 0.251 e. The van der Waals surface area contributed by atoms with Gasteiger partial charge in [-0.2, -0.15) is 0 Å². The van der Waals surface area contributed by atoms with E-state index in [1.807, 2.05) is 0 Å². The molecule has 0 saturated heterocycles. The monoisotopic (exact) mass is 282 g/mol. The Balaban J connectivity index is 1.95. The van der Waals surface area contributed by atoms with E-state index in [1.165, 1.54) is 11.1 Å². The third kappa shape index (κ3) is 2.92. The molecule has 1 atom stereocenters. The Hall–Kier alpha value is -1.90. The summed E-state index contributed by atoms with van der Waals surface area (Å²) in [6.07, 6.45) is 3.07. The van der Waals surface area contributed by atoms with E-state index in [1.54, 1.807) is 6.07 Å². The first-order chi connectivity index (χ1) is 9.93. The summed E-state index contributed by atoms with van der Waals surface area (Å²) in [4.78, 5) is 19.6. The maximum absolute atomic E-state index is 12.0. The van der Waals surface area contributed by atoms with Crippen LogP contribution >= 0.6 is 0 Å². The number of aromatic nitrogens is 2. The molecule has 0 spiro atoms. The van der Waals surface area contributed by atoms with Crippen LogP contribution in [0.1, 0.15) is 55.8 Å². The van der Waals surface area contributed by atoms with E-state index in [9.17, 15) is 4.79 Å². The summed E-state index contributed by atoms with van der Waals surface area (Å²) in [7, 11) is 0. The van der Waals surface area contributed by atoms with Crippen LogP contribution in [0.5, 0.6) is 0 Å². The highest BCUT2D eigenvalue weighted by Crippen LogP contribution is 2.31. The highest BCUT2D eigenvalue weighted by molar-refractivity contribution is 5.31. The van der Waals surface area contributed by atoms with Gasteiger partial charge in [0.15, 0.2) is 0 Å². The Kier molecular flexibility index (Phi) is 3.44. The minimum atomic E-state index is -0.102. The molecule has 2 aromatic rings. The SMILES string of the molecule is CC(C)(C)c1cc(=O)[nH]c(C2CCc3ccccc3C2)n1. The molecule has 21 heavy (non-hydrogen) atoms. The summed E-state index contributed by atoms with van der Waals surface area (Å²) in [5.74, 6) is 1.16. The van der Waals surface area contributed by atoms with Crippen molar-refractivity contribution in [2.24, 2.45) is 0 Å². The average Bonchev–Trinajstić information content (AvgIpc) is 2.45. The van der Waals surface area contributed by atoms with Gasteiger partial charge in [0.2, 0.25) is 0 Å². The van der Waals surface area contributed by atoms with Crippen LogP contribution in [-0.2, 0) is 18.3 Å². The lowest BCUT2D eigenvalue weighted by atomic mass is 9.83. The molecule has 0 aliphatic heterocycles. The normalized spacial score (nSPS) is 18.3. The summed E-state index contributed by atoms with van der Waals surface area (Å²) >= 11 is 0. The predicted molar refractivity (Wildman–Crippen MR) is 84.8 cm³/mol. The summed E-state index contributed by atoms with van der Waals surface area (Å²) in [6, 6.07) is 10.2. The summed E-state index contributed by atoms with van der Waals surface area (Å²) in [6.45, 7) is 6.28. The van der Waals surface area contributed by atoms with Crippen molar-refractivity contribution in [2.75, 3.05) is 0 Å². The zero-order chi connectivity index (χ0) is 15.0. The molecule has 1 heterocycles. The van der Waals surface area contributed by atoms with E-state index in [0.29, 0.717) is 5.92 Å². The van der Waals surface area contributed by atoms with Crippen LogP contribution in [0, 0.1) is 0 Å². The van der Waals surface area contributed by atoms with Crippen LogP contribution in [0.4, 0.5) is 0 Å². The lowest BCUT2D eigenvalue weighted by molar-refractivity contribution is 0.522. The molecule has 110 valence electrons. The number of aromatic amines is 1. The minimum absolute atomic E-state index is 0.0382. The van der Waals surface area contributed by atoms with Crippen molar-refractivity contribution in [3.05, 3.63) is 63.3 Å². The van der Waals surface area contributed by atoms with Crippen molar-refractivity contribution < 1.29 is 0 Å². The molecule has 0 radical (unpaired) electrons. The van der Waals surface area contributed by atoms with E-state index in [0.717, 1.165) is 30.8 Å². The molecule has 3 nitrogen and oxygen atoms in total. The number of H-pyrrole nitrogens is 1. The van der Waals surface area contributed by atoms with Gasteiger partial charge in [-0.15, -0.1) is 0 Å². The standard InChI is InChI=1S/C18H22N2O/c1-18(2,3)15-11-16(21)20-17(19-15)14-9-8-12-6-4-5-7-13(12)10-14/h4-7,11,14H,8-10H2,1-3H3,(H,19,20,21). The molecular formula is C18H22N2O. The van der Waals surface area contributed by atoms with Gasteiger partial charge in [0.05, 0.1) is 5.69 Å². The molecule has 1 aliphatic rings. The van der Waals surface area contributed by atoms with Gasteiger partial charge in [0.1, 0.15) is 5.82 Å². The van der Waals surface area contributed by atoms with E-state index >= 15 is 0 Å². The number of hydrogen-bond donors (Lipinski definition) is 1. The van der Waals surface area contributed by atoms with Gasteiger partial charge in [0.25, 0.3) is 5.56 Å². The number of rotatable bonds is 1. The number of fused-ring (bicyclic) bond motifs is 1. The minimum Gasteiger partial charge on any atom is -0.310 e. The number of hydrogen-bond acceptors (Lipinski definition) is 2. The molecule has 1 aromatic heterocycles. The van der Waals surface area contributed by atoms with Crippen molar-refractivity contribution in [1.29, 1.82) is 0 Å². The number of aryl methyl sites for hydroxylation is 1. The molecule has 0 amide bonds. The molecule has 1 unspecified atom stereocenters. The van der Waals surface area contributed by atoms with Gasteiger partial charge in [-0.05, 0) is 30.4 Å². The molecular weight excluding hydrogens is 260 g/mol. The first-order valence-electron chi connectivity index (χ1n) is 7.62. The van der Waals surface area contributed by atoms with Gasteiger partial charge in [-0.25, -0.2) is 4.98 Å². The largest absolute Gasteiger partial charge is 0.310 e. The lowest BCUT2D eigenvalue weighted by Crippen LogP contribution is -2.24. The van der Waals surface area contributed by atoms with Gasteiger partial charge >= 0.3 is 0 Å². The van der Waals surface area contributed by atoms with Crippen LogP contribution in [0.25, 0.3) is 0 Å². The predicted octanol–water partition coefficient (Wildman–Crippen LogP) is 3.34. The molecule has 3 rings (SSSR count). The van der Waals surface area contributed by atoms with Gasteiger partial charge < -0.3 is 4.98 Å². The Labute approximate surface area is 125 Å². The molecule has 0 saturated carbocycles. The van der Waals surface area contributed by atoms with Gasteiger partial charge in [-0.3, -0.25) is 4.79 Å². The quantitative estimate of drug-likeness (QED) is 0.872. The summed E-state index contributed by atoms with van der Waals surface area (Å²) in [5.41, 5.74) is 3.56. The topological polar surface area (TPSA) is 45.8 Å². The second kappa shape index (κ2) is 5.14. The first kappa shape index (κ1) is 14.1. The maximum atomic E-state index is 12.0. The Morgan fingerprint density at radius 3 is 2.62 bits per heavy atom. The highest BCUT2D eigenvalue weighted by Gasteiger charge is 2.24. The van der Waals surface area contributed by atoms with E-state index < -0.39 is 0 Å². The molecule has 1 N–H and O–H groups in total. The van der Waals surface area contributed by atoms with Crippen molar-refractivity contribution >= 4 is 0 Å². The van der Waals surface area contributed by atoms with Crippen LogP contribution in [0.2, 0.25) is 0 Å². The molecule has 3 heteroatoms. The zero-order valence-corrected chi connectivity index (χ0v) is 12.9. The van der Waals surface area contributed by atoms with Gasteiger partial charge in [-0.1, -0.05) is 45.0 Å². The smallest absolute Gasteiger partial charge is 0.251 e. The van der Waals surface area contributed by atoms with Crippen LogP contribution in [-0.4, -0.2) is 9.97 Å². The number of benzene rings is 1. The van der Waals surface area contributed by atoms with E-state index in [2.05, 4.69) is 50.0 Å². The third-order valence-corrected chi connectivity index (χ3v) is 4.26. The van der Waals surface area contributed by atoms with Gasteiger partial charge in [0, 0.05) is 17.4 Å². The molecule has 0 fully saturated rings.